The van der Waals surface area contributed by atoms with Crippen LogP contribution in [0.2, 0.25) is 5.02 Å². The Kier molecular flexibility index (Phi) is 2.79. The van der Waals surface area contributed by atoms with E-state index in [2.05, 4.69) is 4.98 Å². The number of nitrogens with zero attached hydrogens (tertiary/aromatic N) is 2. The van der Waals surface area contributed by atoms with Crippen LogP contribution in [0.15, 0.2) is 42.7 Å². The lowest BCUT2D eigenvalue weighted by Crippen LogP contribution is -2.38. The summed E-state index contributed by atoms with van der Waals surface area (Å²) in [7, 11) is 0. The van der Waals surface area contributed by atoms with Crippen molar-refractivity contribution in [2.75, 3.05) is 11.4 Å². The molecule has 0 radical (unpaired) electrons. The molecule has 2 aliphatic rings. The molecule has 0 spiro atoms. The maximum atomic E-state index is 13.1. The van der Waals surface area contributed by atoms with Gasteiger partial charge < -0.3 is 4.90 Å². The summed E-state index contributed by atoms with van der Waals surface area (Å²) in [4.78, 5) is 19.1. The molecule has 0 saturated heterocycles. The van der Waals surface area contributed by atoms with E-state index in [1.54, 1.807) is 6.20 Å². The lowest BCUT2D eigenvalue weighted by molar-refractivity contribution is -0.120. The van der Waals surface area contributed by atoms with Gasteiger partial charge in [0.05, 0.1) is 5.41 Å². The second kappa shape index (κ2) is 4.57. The quantitative estimate of drug-likeness (QED) is 0.852. The topological polar surface area (TPSA) is 33.2 Å². The van der Waals surface area contributed by atoms with E-state index >= 15 is 0 Å². The van der Waals surface area contributed by atoms with Gasteiger partial charge in [0.25, 0.3) is 0 Å². The number of aromatic nitrogens is 1. The molecule has 0 unspecified atom stereocenters. The van der Waals surface area contributed by atoms with Gasteiger partial charge in [0.15, 0.2) is 0 Å². The van der Waals surface area contributed by atoms with Gasteiger partial charge in [0, 0.05) is 29.6 Å². The predicted octanol–water partition coefficient (Wildman–Crippen LogP) is 3.36. The fourth-order valence-electron chi connectivity index (χ4n) is 3.22. The van der Waals surface area contributed by atoms with Crippen molar-refractivity contribution in [1.29, 1.82) is 0 Å². The van der Waals surface area contributed by atoms with Crippen molar-refractivity contribution < 1.29 is 4.79 Å². The number of amides is 1. The number of rotatable bonds is 2. The van der Waals surface area contributed by atoms with Gasteiger partial charge in [-0.25, -0.2) is 0 Å². The van der Waals surface area contributed by atoms with Crippen LogP contribution in [-0.4, -0.2) is 17.4 Å². The maximum absolute atomic E-state index is 13.1. The van der Waals surface area contributed by atoms with Crippen molar-refractivity contribution >= 4 is 23.2 Å². The fraction of sp³-hybridized carbons (Fsp3) is 0.294. The van der Waals surface area contributed by atoms with Crippen molar-refractivity contribution in [3.63, 3.8) is 0 Å². The number of pyridine rings is 1. The molecule has 3 nitrogen and oxygen atoms in total. The Balaban J connectivity index is 1.68. The molecule has 1 aliphatic carbocycles. The Morgan fingerprint density at radius 1 is 1.19 bits per heavy atom. The number of carbonyl (C=O) groups excluding carboxylic acids is 1. The number of halogens is 1. The number of carbonyl (C=O) groups is 1. The lowest BCUT2D eigenvalue weighted by atomic mass is 9.94. The number of hydrogen-bond donors (Lipinski definition) is 0. The van der Waals surface area contributed by atoms with Gasteiger partial charge in [-0.3, -0.25) is 9.78 Å². The molecular formula is C17H15ClN2O. The summed E-state index contributed by atoms with van der Waals surface area (Å²) in [5.74, 6) is 0.217. The van der Waals surface area contributed by atoms with Crippen LogP contribution in [-0.2, 0) is 16.6 Å². The van der Waals surface area contributed by atoms with Crippen molar-refractivity contribution in [1.82, 2.24) is 4.98 Å². The second-order valence-corrected chi connectivity index (χ2v) is 6.24. The number of benzene rings is 1. The van der Waals surface area contributed by atoms with Gasteiger partial charge in [-0.1, -0.05) is 23.7 Å². The molecule has 4 rings (SSSR count). The lowest BCUT2D eigenvalue weighted by Gasteiger charge is -2.24. The van der Waals surface area contributed by atoms with Gasteiger partial charge in [0.1, 0.15) is 0 Å². The summed E-state index contributed by atoms with van der Waals surface area (Å²) in [6, 6.07) is 9.64. The van der Waals surface area contributed by atoms with Crippen LogP contribution < -0.4 is 4.90 Å². The number of hydrogen-bond acceptors (Lipinski definition) is 2. The second-order valence-electron chi connectivity index (χ2n) is 5.80. The highest BCUT2D eigenvalue weighted by atomic mass is 35.5. The molecule has 1 aliphatic heterocycles. The Hall–Kier alpha value is -1.87. The maximum Gasteiger partial charge on any atom is 0.237 e. The minimum atomic E-state index is -0.338. The molecule has 4 heteroatoms. The SMILES string of the molecule is O=C(N1CCc2cnccc21)C1(c2ccc(Cl)cc2)CC1. The van der Waals surface area contributed by atoms with Gasteiger partial charge >= 0.3 is 0 Å². The van der Waals surface area contributed by atoms with Crippen molar-refractivity contribution in [3.8, 4) is 0 Å². The third-order valence-corrected chi connectivity index (χ3v) is 4.83. The standard InChI is InChI=1S/C17H15ClN2O/c18-14-3-1-13(2-4-14)17(7-8-17)16(21)20-10-6-12-11-19-9-5-15(12)20/h1-5,9,11H,6-8,10H2. The summed E-state index contributed by atoms with van der Waals surface area (Å²) < 4.78 is 0. The first-order valence-corrected chi connectivity index (χ1v) is 7.59. The monoisotopic (exact) mass is 298 g/mol. The third-order valence-electron chi connectivity index (χ3n) is 4.57. The molecule has 0 bridgehead atoms. The van der Waals surface area contributed by atoms with Crippen LogP contribution in [0, 0.1) is 0 Å². The smallest absolute Gasteiger partial charge is 0.237 e. The highest BCUT2D eigenvalue weighted by Crippen LogP contribution is 2.51. The van der Waals surface area contributed by atoms with E-state index in [1.807, 2.05) is 41.4 Å². The first-order chi connectivity index (χ1) is 10.2. The van der Waals surface area contributed by atoms with E-state index < -0.39 is 0 Å². The van der Waals surface area contributed by atoms with Crippen LogP contribution in [0.5, 0.6) is 0 Å². The van der Waals surface area contributed by atoms with Crippen LogP contribution >= 0.6 is 11.6 Å². The van der Waals surface area contributed by atoms with Crippen molar-refractivity contribution in [2.24, 2.45) is 0 Å². The van der Waals surface area contributed by atoms with Gasteiger partial charge in [-0.2, -0.15) is 0 Å². The summed E-state index contributed by atoms with van der Waals surface area (Å²) >= 11 is 5.95. The Bertz CT molecular complexity index is 707. The molecular weight excluding hydrogens is 284 g/mol. The number of fused-ring (bicyclic) bond motifs is 1. The van der Waals surface area contributed by atoms with E-state index in [1.165, 1.54) is 0 Å². The zero-order valence-corrected chi connectivity index (χ0v) is 12.3. The average Bonchev–Trinajstić information content (AvgIpc) is 3.21. The van der Waals surface area contributed by atoms with Crippen LogP contribution in [0.25, 0.3) is 0 Å². The highest BCUT2D eigenvalue weighted by Gasteiger charge is 2.53. The minimum Gasteiger partial charge on any atom is -0.311 e. The molecule has 1 aromatic carbocycles. The average molecular weight is 299 g/mol. The summed E-state index contributed by atoms with van der Waals surface area (Å²) in [6.45, 7) is 0.759. The summed E-state index contributed by atoms with van der Waals surface area (Å²) in [5, 5.41) is 0.708. The largest absolute Gasteiger partial charge is 0.311 e. The molecule has 1 fully saturated rings. The van der Waals surface area contributed by atoms with Crippen molar-refractivity contribution in [2.45, 2.75) is 24.7 Å². The van der Waals surface area contributed by atoms with E-state index in [9.17, 15) is 4.79 Å². The molecule has 106 valence electrons. The highest BCUT2D eigenvalue weighted by molar-refractivity contribution is 6.30. The molecule has 2 heterocycles. The Labute approximate surface area is 128 Å². The summed E-state index contributed by atoms with van der Waals surface area (Å²) in [6.07, 6.45) is 6.36. The normalized spacial score (nSPS) is 18.4. The molecule has 2 aromatic rings. The Morgan fingerprint density at radius 2 is 1.95 bits per heavy atom. The first kappa shape index (κ1) is 12.8. The molecule has 1 amide bonds. The van der Waals surface area contributed by atoms with E-state index in [0.717, 1.165) is 42.6 Å². The molecule has 0 atom stereocenters. The van der Waals surface area contributed by atoms with Gasteiger partial charge in [0.2, 0.25) is 5.91 Å². The third kappa shape index (κ3) is 1.95. The van der Waals surface area contributed by atoms with Crippen LogP contribution in [0.1, 0.15) is 24.0 Å². The van der Waals surface area contributed by atoms with Crippen LogP contribution in [0.3, 0.4) is 0 Å². The number of anilines is 1. The first-order valence-electron chi connectivity index (χ1n) is 7.22. The zero-order chi connectivity index (χ0) is 14.4. The van der Waals surface area contributed by atoms with E-state index in [-0.39, 0.29) is 11.3 Å². The zero-order valence-electron chi connectivity index (χ0n) is 11.6. The van der Waals surface area contributed by atoms with Crippen molar-refractivity contribution in [3.05, 3.63) is 58.9 Å². The van der Waals surface area contributed by atoms with Gasteiger partial charge in [-0.15, -0.1) is 0 Å². The Morgan fingerprint density at radius 3 is 2.67 bits per heavy atom. The van der Waals surface area contributed by atoms with E-state index in [4.69, 9.17) is 11.6 Å². The summed E-state index contributed by atoms with van der Waals surface area (Å²) in [5.41, 5.74) is 2.93. The van der Waals surface area contributed by atoms with Gasteiger partial charge in [-0.05, 0) is 48.6 Å². The molecule has 1 aromatic heterocycles. The predicted molar refractivity (Wildman–Crippen MR) is 82.7 cm³/mol. The fourth-order valence-corrected chi connectivity index (χ4v) is 3.34. The minimum absolute atomic E-state index is 0.217. The molecule has 1 saturated carbocycles. The van der Waals surface area contributed by atoms with E-state index in [0.29, 0.717) is 5.02 Å². The van der Waals surface area contributed by atoms with Crippen LogP contribution in [0.4, 0.5) is 5.69 Å². The molecule has 21 heavy (non-hydrogen) atoms. The molecule has 0 N–H and O–H groups in total.